The molecule has 1 aliphatic rings. The summed E-state index contributed by atoms with van der Waals surface area (Å²) in [5.41, 5.74) is 0.800. The van der Waals surface area contributed by atoms with Gasteiger partial charge in [-0.3, -0.25) is 4.79 Å². The Morgan fingerprint density at radius 2 is 2.00 bits per heavy atom. The zero-order valence-corrected chi connectivity index (χ0v) is 9.54. The van der Waals surface area contributed by atoms with Crippen LogP contribution in [0.4, 0.5) is 0 Å². The fourth-order valence-electron chi connectivity index (χ4n) is 2.04. The molecule has 3 heteroatoms. The molecule has 1 aromatic carbocycles. The highest BCUT2D eigenvalue weighted by molar-refractivity contribution is 6.38. The fourth-order valence-corrected chi connectivity index (χ4v) is 2.49. The molecular formula is C12H13ClO2. The van der Waals surface area contributed by atoms with Gasteiger partial charge in [0.25, 0.3) is 0 Å². The predicted octanol–water partition coefficient (Wildman–Crippen LogP) is 2.50. The minimum atomic E-state index is -0.872. The number of carbonyl (C=O) groups is 1. The Bertz CT molecular complexity index is 390. The van der Waals surface area contributed by atoms with Crippen LogP contribution in [0.5, 0.6) is 0 Å². The first-order valence-corrected chi connectivity index (χ1v) is 5.25. The lowest BCUT2D eigenvalue weighted by Crippen LogP contribution is -2.26. The predicted molar refractivity (Wildman–Crippen MR) is 59.0 cm³/mol. The smallest absolute Gasteiger partial charge is 0.327 e. The number of carbonyl (C=O) groups excluding carboxylic acids is 1. The quantitative estimate of drug-likeness (QED) is 0.570. The van der Waals surface area contributed by atoms with Gasteiger partial charge in [-0.25, -0.2) is 0 Å². The van der Waals surface area contributed by atoms with Crippen molar-refractivity contribution in [2.75, 3.05) is 7.11 Å². The molecule has 0 bridgehead atoms. The molecule has 0 aliphatic heterocycles. The lowest BCUT2D eigenvalue weighted by molar-refractivity contribution is -0.141. The minimum absolute atomic E-state index is 0.289. The van der Waals surface area contributed by atoms with Crippen molar-refractivity contribution in [1.29, 1.82) is 0 Å². The lowest BCUT2D eigenvalue weighted by Gasteiger charge is -2.15. The SMILES string of the molecule is COC(=O)C1(Cl)CC1(C)c1ccccc1. The van der Waals surface area contributed by atoms with Gasteiger partial charge in [-0.1, -0.05) is 37.3 Å². The summed E-state index contributed by atoms with van der Waals surface area (Å²) in [5, 5.41) is 0. The van der Waals surface area contributed by atoms with E-state index in [0.29, 0.717) is 6.42 Å². The summed E-state index contributed by atoms with van der Waals surface area (Å²) in [5.74, 6) is -0.337. The molecule has 2 rings (SSSR count). The van der Waals surface area contributed by atoms with E-state index >= 15 is 0 Å². The van der Waals surface area contributed by atoms with Crippen molar-refractivity contribution in [2.45, 2.75) is 23.6 Å². The molecule has 0 radical (unpaired) electrons. The van der Waals surface area contributed by atoms with Crippen LogP contribution in [-0.2, 0) is 14.9 Å². The molecular weight excluding hydrogens is 212 g/mol. The molecule has 0 N–H and O–H groups in total. The van der Waals surface area contributed by atoms with E-state index in [2.05, 4.69) is 0 Å². The van der Waals surface area contributed by atoms with E-state index in [1.165, 1.54) is 7.11 Å². The number of hydrogen-bond acceptors (Lipinski definition) is 2. The Morgan fingerprint density at radius 3 is 2.53 bits per heavy atom. The van der Waals surface area contributed by atoms with Crippen molar-refractivity contribution >= 4 is 17.6 Å². The van der Waals surface area contributed by atoms with Gasteiger partial charge in [0.2, 0.25) is 0 Å². The highest BCUT2D eigenvalue weighted by atomic mass is 35.5. The van der Waals surface area contributed by atoms with Crippen LogP contribution >= 0.6 is 11.6 Å². The average Bonchev–Trinajstić information content (AvgIpc) is 2.85. The third-order valence-corrected chi connectivity index (χ3v) is 3.97. The second-order valence-electron chi connectivity index (χ2n) is 4.17. The van der Waals surface area contributed by atoms with Crippen LogP contribution < -0.4 is 0 Å². The zero-order valence-electron chi connectivity index (χ0n) is 8.79. The molecule has 80 valence electrons. The number of methoxy groups -OCH3 is 1. The van der Waals surface area contributed by atoms with Gasteiger partial charge in [0, 0.05) is 5.41 Å². The number of rotatable bonds is 2. The summed E-state index contributed by atoms with van der Waals surface area (Å²) < 4.78 is 4.72. The first kappa shape index (κ1) is 10.5. The molecule has 0 aromatic heterocycles. The molecule has 0 heterocycles. The van der Waals surface area contributed by atoms with E-state index in [1.807, 2.05) is 37.3 Å². The average molecular weight is 225 g/mol. The number of halogens is 1. The molecule has 2 nitrogen and oxygen atoms in total. The van der Waals surface area contributed by atoms with Gasteiger partial charge >= 0.3 is 5.97 Å². The van der Waals surface area contributed by atoms with Crippen LogP contribution in [0, 0.1) is 0 Å². The fraction of sp³-hybridized carbons (Fsp3) is 0.417. The normalized spacial score (nSPS) is 33.5. The number of benzene rings is 1. The van der Waals surface area contributed by atoms with Gasteiger partial charge in [0.05, 0.1) is 7.11 Å². The molecule has 15 heavy (non-hydrogen) atoms. The molecule has 0 saturated heterocycles. The van der Waals surface area contributed by atoms with Crippen LogP contribution in [-0.4, -0.2) is 18.0 Å². The molecule has 1 aromatic rings. The molecule has 0 amide bonds. The van der Waals surface area contributed by atoms with E-state index in [1.54, 1.807) is 0 Å². The van der Waals surface area contributed by atoms with E-state index in [4.69, 9.17) is 16.3 Å². The topological polar surface area (TPSA) is 26.3 Å². The van der Waals surface area contributed by atoms with Gasteiger partial charge in [0.1, 0.15) is 0 Å². The second-order valence-corrected chi connectivity index (χ2v) is 4.81. The first-order valence-electron chi connectivity index (χ1n) is 4.87. The molecule has 1 fully saturated rings. The molecule has 2 atom stereocenters. The van der Waals surface area contributed by atoms with Gasteiger partial charge in [-0.15, -0.1) is 11.6 Å². The van der Waals surface area contributed by atoms with E-state index in [9.17, 15) is 4.79 Å². The summed E-state index contributed by atoms with van der Waals surface area (Å²) >= 11 is 6.26. The van der Waals surface area contributed by atoms with Crippen molar-refractivity contribution in [3.05, 3.63) is 35.9 Å². The van der Waals surface area contributed by atoms with Crippen molar-refractivity contribution in [3.8, 4) is 0 Å². The number of ether oxygens (including phenoxy) is 1. The second kappa shape index (κ2) is 3.24. The van der Waals surface area contributed by atoms with Crippen LogP contribution in [0.15, 0.2) is 30.3 Å². The summed E-state index contributed by atoms with van der Waals surface area (Å²) in [4.78, 5) is 10.7. The summed E-state index contributed by atoms with van der Waals surface area (Å²) in [7, 11) is 1.37. The number of alkyl halides is 1. The Morgan fingerprint density at radius 1 is 1.40 bits per heavy atom. The van der Waals surface area contributed by atoms with E-state index in [-0.39, 0.29) is 11.4 Å². The van der Waals surface area contributed by atoms with Gasteiger partial charge < -0.3 is 4.74 Å². The first-order chi connectivity index (χ1) is 7.04. The Hall–Kier alpha value is -1.02. The maximum absolute atomic E-state index is 11.5. The Labute approximate surface area is 94.2 Å². The monoisotopic (exact) mass is 224 g/mol. The van der Waals surface area contributed by atoms with Gasteiger partial charge in [-0.05, 0) is 12.0 Å². The Kier molecular flexibility index (Phi) is 2.27. The Balaban J connectivity index is 2.31. The molecule has 2 unspecified atom stereocenters. The van der Waals surface area contributed by atoms with Gasteiger partial charge in [0.15, 0.2) is 4.87 Å². The maximum atomic E-state index is 11.5. The summed E-state index contributed by atoms with van der Waals surface area (Å²) in [6, 6.07) is 9.84. The maximum Gasteiger partial charge on any atom is 0.327 e. The van der Waals surface area contributed by atoms with E-state index in [0.717, 1.165) is 5.56 Å². The molecule has 0 spiro atoms. The van der Waals surface area contributed by atoms with Crippen LogP contribution in [0.3, 0.4) is 0 Å². The van der Waals surface area contributed by atoms with Crippen molar-refractivity contribution in [3.63, 3.8) is 0 Å². The van der Waals surface area contributed by atoms with Crippen molar-refractivity contribution in [2.24, 2.45) is 0 Å². The van der Waals surface area contributed by atoms with Crippen LogP contribution in [0.25, 0.3) is 0 Å². The largest absolute Gasteiger partial charge is 0.468 e. The van der Waals surface area contributed by atoms with Gasteiger partial charge in [-0.2, -0.15) is 0 Å². The number of esters is 1. The van der Waals surface area contributed by atoms with Crippen LogP contribution in [0.2, 0.25) is 0 Å². The zero-order chi connectivity index (χ0) is 11.1. The third kappa shape index (κ3) is 1.36. The minimum Gasteiger partial charge on any atom is -0.468 e. The molecule has 1 aliphatic carbocycles. The van der Waals surface area contributed by atoms with Crippen molar-refractivity contribution in [1.82, 2.24) is 0 Å². The van der Waals surface area contributed by atoms with E-state index < -0.39 is 4.87 Å². The summed E-state index contributed by atoms with van der Waals surface area (Å²) in [6.45, 7) is 1.99. The summed E-state index contributed by atoms with van der Waals surface area (Å²) in [6.07, 6.45) is 0.637. The van der Waals surface area contributed by atoms with Crippen LogP contribution in [0.1, 0.15) is 18.9 Å². The van der Waals surface area contributed by atoms with Crippen molar-refractivity contribution < 1.29 is 9.53 Å². The lowest BCUT2D eigenvalue weighted by atomic mass is 9.95. The highest BCUT2D eigenvalue weighted by Gasteiger charge is 2.70. The third-order valence-electron chi connectivity index (χ3n) is 3.27. The highest BCUT2D eigenvalue weighted by Crippen LogP contribution is 2.62. The molecule has 1 saturated carbocycles. The number of hydrogen-bond donors (Lipinski definition) is 0. The standard InChI is InChI=1S/C12H13ClO2/c1-11(9-6-4-3-5-7-9)8-12(11,13)10(14)15-2/h3-7H,8H2,1-2H3.